The second-order valence-electron chi connectivity index (χ2n) is 9.05. The molecule has 1 aliphatic rings. The molecular weight excluding hydrogens is 530 g/mol. The molecular formula is C23H25N9O4S2. The van der Waals surface area contributed by atoms with Gasteiger partial charge < -0.3 is 10.4 Å². The van der Waals surface area contributed by atoms with Crippen molar-refractivity contribution in [1.29, 1.82) is 5.26 Å². The first kappa shape index (κ1) is 25.8. The Kier molecular flexibility index (Phi) is 6.86. The van der Waals surface area contributed by atoms with Crippen molar-refractivity contribution in [3.63, 3.8) is 0 Å². The molecule has 0 amide bonds. The maximum absolute atomic E-state index is 12.3. The standard InChI is InChI=1S/C23H25N9O4S2/c1-2-38(35,36)31-14-23(15-31,6-7-24)32-12-16(10-26-32)20-21-18(5-9-37-21)28-22(29-20)27-17-11-25-30(13-17)8-3-4-19(33)34/h5,9-13H,2-4,6,8,14-15H2,1H3,(H,33,34)(H,27,28,29). The van der Waals surface area contributed by atoms with E-state index in [-0.39, 0.29) is 31.7 Å². The normalized spacial score (nSPS) is 15.3. The largest absolute Gasteiger partial charge is 0.481 e. The first-order valence-corrected chi connectivity index (χ1v) is 14.4. The predicted molar refractivity (Wildman–Crippen MR) is 140 cm³/mol. The van der Waals surface area contributed by atoms with Gasteiger partial charge in [0.1, 0.15) is 5.54 Å². The van der Waals surface area contributed by atoms with Gasteiger partial charge in [-0.25, -0.2) is 18.4 Å². The lowest BCUT2D eigenvalue weighted by Gasteiger charge is -2.47. The van der Waals surface area contributed by atoms with E-state index in [1.165, 1.54) is 15.6 Å². The third-order valence-corrected chi connectivity index (χ3v) is 9.11. The van der Waals surface area contributed by atoms with Crippen LogP contribution in [0.4, 0.5) is 11.6 Å². The zero-order chi connectivity index (χ0) is 26.9. The minimum atomic E-state index is -3.35. The van der Waals surface area contributed by atoms with Gasteiger partial charge in [-0.3, -0.25) is 14.2 Å². The van der Waals surface area contributed by atoms with Crippen molar-refractivity contribution in [2.75, 3.05) is 24.2 Å². The van der Waals surface area contributed by atoms with Gasteiger partial charge in [0.05, 0.1) is 52.2 Å². The number of aryl methyl sites for hydroxylation is 1. The smallest absolute Gasteiger partial charge is 0.303 e. The molecule has 4 aromatic rings. The van der Waals surface area contributed by atoms with Gasteiger partial charge in [-0.1, -0.05) is 0 Å². The Morgan fingerprint density at radius 3 is 2.82 bits per heavy atom. The van der Waals surface area contributed by atoms with Gasteiger partial charge in [-0.2, -0.15) is 19.8 Å². The highest BCUT2D eigenvalue weighted by Gasteiger charge is 2.49. The van der Waals surface area contributed by atoms with Crippen molar-refractivity contribution in [3.05, 3.63) is 36.2 Å². The molecule has 0 atom stereocenters. The average molecular weight is 556 g/mol. The van der Waals surface area contributed by atoms with Crippen LogP contribution in [0.1, 0.15) is 26.2 Å². The van der Waals surface area contributed by atoms with Gasteiger partial charge in [0.25, 0.3) is 0 Å². The van der Waals surface area contributed by atoms with E-state index in [1.54, 1.807) is 41.1 Å². The monoisotopic (exact) mass is 555 g/mol. The predicted octanol–water partition coefficient (Wildman–Crippen LogP) is 2.63. The Morgan fingerprint density at radius 1 is 1.26 bits per heavy atom. The van der Waals surface area contributed by atoms with Gasteiger partial charge in [-0.15, -0.1) is 11.3 Å². The molecule has 0 saturated carbocycles. The van der Waals surface area contributed by atoms with Crippen LogP contribution in [-0.2, 0) is 26.9 Å². The summed E-state index contributed by atoms with van der Waals surface area (Å²) in [5.41, 5.74) is 2.07. The Hall–Kier alpha value is -3.87. The average Bonchev–Trinajstić information content (AvgIpc) is 3.62. The lowest BCUT2D eigenvalue weighted by molar-refractivity contribution is -0.137. The number of aliphatic carboxylic acids is 1. The summed E-state index contributed by atoms with van der Waals surface area (Å²) in [6.45, 7) is 2.46. The second-order valence-corrected chi connectivity index (χ2v) is 12.2. The highest BCUT2D eigenvalue weighted by molar-refractivity contribution is 7.89. The van der Waals surface area contributed by atoms with E-state index in [9.17, 15) is 18.5 Å². The van der Waals surface area contributed by atoms with E-state index in [1.807, 2.05) is 11.4 Å². The highest BCUT2D eigenvalue weighted by atomic mass is 32.2. The summed E-state index contributed by atoms with van der Waals surface area (Å²) in [5, 5.41) is 32.1. The first-order chi connectivity index (χ1) is 18.2. The topological polar surface area (TPSA) is 172 Å². The Morgan fingerprint density at radius 2 is 2.08 bits per heavy atom. The van der Waals surface area contributed by atoms with Crippen LogP contribution in [0.3, 0.4) is 0 Å². The minimum Gasteiger partial charge on any atom is -0.481 e. The van der Waals surface area contributed by atoms with Crippen LogP contribution in [-0.4, -0.2) is 72.2 Å². The van der Waals surface area contributed by atoms with Crippen molar-refractivity contribution in [2.24, 2.45) is 0 Å². The fraction of sp³-hybridized carbons (Fsp3) is 0.391. The molecule has 1 aliphatic heterocycles. The van der Waals surface area contributed by atoms with E-state index in [2.05, 4.69) is 26.6 Å². The van der Waals surface area contributed by atoms with E-state index < -0.39 is 21.5 Å². The molecule has 4 aromatic heterocycles. The van der Waals surface area contributed by atoms with Gasteiger partial charge in [0.2, 0.25) is 16.0 Å². The SMILES string of the molecule is CCS(=O)(=O)N1CC(CC#N)(n2cc(-c3nc(Nc4cnn(CCCC(=O)O)c4)nc4ccsc34)cn2)C1. The second kappa shape index (κ2) is 10.1. The summed E-state index contributed by atoms with van der Waals surface area (Å²) in [6, 6.07) is 4.07. The van der Waals surface area contributed by atoms with Crippen LogP contribution in [0.25, 0.3) is 21.5 Å². The number of carboxylic acids is 1. The lowest BCUT2D eigenvalue weighted by atomic mass is 9.89. The molecule has 0 unspecified atom stereocenters. The van der Waals surface area contributed by atoms with Crippen LogP contribution in [0.2, 0.25) is 0 Å². The summed E-state index contributed by atoms with van der Waals surface area (Å²) >= 11 is 1.50. The van der Waals surface area contributed by atoms with Crippen LogP contribution >= 0.6 is 11.3 Å². The number of sulfonamides is 1. The summed E-state index contributed by atoms with van der Waals surface area (Å²) in [4.78, 5) is 20.1. The lowest BCUT2D eigenvalue weighted by Crippen LogP contribution is -2.64. The summed E-state index contributed by atoms with van der Waals surface area (Å²) in [5.74, 6) is -0.476. The molecule has 2 N–H and O–H groups in total. The van der Waals surface area contributed by atoms with Crippen LogP contribution < -0.4 is 5.32 Å². The molecule has 38 heavy (non-hydrogen) atoms. The van der Waals surface area contributed by atoms with Crippen LogP contribution in [0.15, 0.2) is 36.2 Å². The number of hydrogen-bond donors (Lipinski definition) is 2. The number of fused-ring (bicyclic) bond motifs is 1. The maximum atomic E-state index is 12.3. The fourth-order valence-corrected chi connectivity index (χ4v) is 6.45. The van der Waals surface area contributed by atoms with Gasteiger partial charge in [0.15, 0.2) is 0 Å². The van der Waals surface area contributed by atoms with Crippen molar-refractivity contribution in [1.82, 2.24) is 33.8 Å². The van der Waals surface area contributed by atoms with Gasteiger partial charge in [0, 0.05) is 44.0 Å². The third kappa shape index (κ3) is 4.97. The fourth-order valence-electron chi connectivity index (χ4n) is 4.37. The molecule has 0 aromatic carbocycles. The number of carbonyl (C=O) groups is 1. The molecule has 1 saturated heterocycles. The minimum absolute atomic E-state index is 0.00823. The van der Waals surface area contributed by atoms with Gasteiger partial charge >= 0.3 is 5.97 Å². The number of nitrogens with one attached hydrogen (secondary N) is 1. The van der Waals surface area contributed by atoms with Crippen LogP contribution in [0.5, 0.6) is 0 Å². The molecule has 5 rings (SSSR count). The summed E-state index contributed by atoms with van der Waals surface area (Å²) < 4.78 is 30.2. The number of anilines is 2. The number of aromatic nitrogens is 6. The number of hydrogen-bond acceptors (Lipinski definition) is 10. The molecule has 1 fully saturated rings. The number of nitrogens with zero attached hydrogens (tertiary/aromatic N) is 8. The van der Waals surface area contributed by atoms with Crippen molar-refractivity contribution < 1.29 is 18.3 Å². The molecule has 0 bridgehead atoms. The molecule has 13 nitrogen and oxygen atoms in total. The van der Waals surface area contributed by atoms with Crippen molar-refractivity contribution >= 4 is 49.2 Å². The van der Waals surface area contributed by atoms with Crippen LogP contribution in [0, 0.1) is 11.3 Å². The zero-order valence-corrected chi connectivity index (χ0v) is 22.1. The summed E-state index contributed by atoms with van der Waals surface area (Å²) in [6.07, 6.45) is 7.53. The van der Waals surface area contributed by atoms with E-state index in [4.69, 9.17) is 10.1 Å². The highest BCUT2D eigenvalue weighted by Crippen LogP contribution is 2.37. The quantitative estimate of drug-likeness (QED) is 0.280. The summed E-state index contributed by atoms with van der Waals surface area (Å²) in [7, 11) is -3.35. The van der Waals surface area contributed by atoms with Gasteiger partial charge in [-0.05, 0) is 24.8 Å². The number of nitriles is 1. The molecule has 198 valence electrons. The Bertz CT molecular complexity index is 1630. The van der Waals surface area contributed by atoms with E-state index in [0.717, 1.165) is 15.8 Å². The molecule has 0 radical (unpaired) electrons. The molecule has 0 spiro atoms. The Balaban J connectivity index is 1.40. The molecule has 5 heterocycles. The van der Waals surface area contributed by atoms with Crippen molar-refractivity contribution in [3.8, 4) is 17.3 Å². The number of rotatable bonds is 11. The van der Waals surface area contributed by atoms with E-state index >= 15 is 0 Å². The molecule has 15 heteroatoms. The number of thiophene rings is 1. The van der Waals surface area contributed by atoms with E-state index in [0.29, 0.717) is 30.3 Å². The third-order valence-electron chi connectivity index (χ3n) is 6.42. The van der Waals surface area contributed by atoms with Crippen molar-refractivity contribution in [2.45, 2.75) is 38.3 Å². The zero-order valence-electron chi connectivity index (χ0n) is 20.5. The Labute approximate surface area is 222 Å². The number of carboxylic acid groups (broad SMARTS) is 1. The molecule has 0 aliphatic carbocycles. The maximum Gasteiger partial charge on any atom is 0.303 e. The first-order valence-electron chi connectivity index (χ1n) is 11.9.